The number of nitriles is 1. The van der Waals surface area contributed by atoms with Gasteiger partial charge in [-0.15, -0.1) is 6.58 Å². The predicted molar refractivity (Wildman–Crippen MR) is 94.8 cm³/mol. The van der Waals surface area contributed by atoms with Crippen molar-refractivity contribution < 1.29 is 18.0 Å². The molecule has 0 radical (unpaired) electrons. The van der Waals surface area contributed by atoms with Crippen LogP contribution in [0.25, 0.3) is 11.1 Å². The van der Waals surface area contributed by atoms with E-state index in [1.165, 1.54) is 17.0 Å². The van der Waals surface area contributed by atoms with Gasteiger partial charge in [0, 0.05) is 30.4 Å². The number of pyridine rings is 1. The summed E-state index contributed by atoms with van der Waals surface area (Å²) in [6.07, 6.45) is -1.81. The molecule has 6 nitrogen and oxygen atoms in total. The number of carbonyl (C=O) groups excluding carboxylic acids is 1. The molecule has 2 aromatic rings. The molecule has 2 rings (SSSR count). The number of aryl methyl sites for hydroxylation is 1. The fourth-order valence-electron chi connectivity index (χ4n) is 2.23. The summed E-state index contributed by atoms with van der Waals surface area (Å²) in [4.78, 5) is 15.3. The van der Waals surface area contributed by atoms with Crippen molar-refractivity contribution in [2.75, 3.05) is 12.3 Å². The van der Waals surface area contributed by atoms with Gasteiger partial charge in [-0.1, -0.05) is 17.8 Å². The molecule has 0 aliphatic rings. The molecular formula is C17H16F3N5OS. The number of rotatable bonds is 6. The fourth-order valence-corrected chi connectivity index (χ4v) is 3.06. The summed E-state index contributed by atoms with van der Waals surface area (Å²) in [5.41, 5.74) is -0.0702. The second-order valence-corrected chi connectivity index (χ2v) is 6.46. The molecule has 0 aromatic carbocycles. The van der Waals surface area contributed by atoms with Gasteiger partial charge in [0.15, 0.2) is 0 Å². The normalized spacial score (nSPS) is 11.1. The molecule has 10 heteroatoms. The molecule has 0 atom stereocenters. The lowest BCUT2D eigenvalue weighted by atomic mass is 10.0. The molecule has 0 unspecified atom stereocenters. The summed E-state index contributed by atoms with van der Waals surface area (Å²) in [7, 11) is 1.65. The third-order valence-electron chi connectivity index (χ3n) is 3.70. The minimum absolute atomic E-state index is 0.0272. The Balaban J connectivity index is 2.53. The quantitative estimate of drug-likeness (QED) is 0.600. The zero-order chi connectivity index (χ0) is 20.2. The van der Waals surface area contributed by atoms with Crippen LogP contribution in [0.3, 0.4) is 0 Å². The van der Waals surface area contributed by atoms with Crippen molar-refractivity contribution in [3.05, 3.63) is 41.9 Å². The topological polar surface area (TPSA) is 83.6 Å². The SMILES string of the molecule is C=CCNC(=O)CSc1nc(C(F)(F)F)cc(-c2cnn(C)c2C)c1C#N. The number of hydrogen-bond acceptors (Lipinski definition) is 5. The van der Waals surface area contributed by atoms with Crippen molar-refractivity contribution in [3.63, 3.8) is 0 Å². The molecule has 0 saturated heterocycles. The highest BCUT2D eigenvalue weighted by molar-refractivity contribution is 8.00. The van der Waals surface area contributed by atoms with Crippen molar-refractivity contribution in [3.8, 4) is 17.2 Å². The van der Waals surface area contributed by atoms with Crippen LogP contribution in [0.5, 0.6) is 0 Å². The average Bonchev–Trinajstić information content (AvgIpc) is 2.95. The van der Waals surface area contributed by atoms with Gasteiger partial charge in [0.1, 0.15) is 16.8 Å². The first-order chi connectivity index (χ1) is 12.7. The van der Waals surface area contributed by atoms with E-state index in [0.717, 1.165) is 17.8 Å². The Hall–Kier alpha value is -2.80. The van der Waals surface area contributed by atoms with Gasteiger partial charge in [-0.25, -0.2) is 4.98 Å². The van der Waals surface area contributed by atoms with Crippen molar-refractivity contribution in [2.45, 2.75) is 18.1 Å². The zero-order valence-electron chi connectivity index (χ0n) is 14.6. The predicted octanol–water partition coefficient (Wildman–Crippen LogP) is 3.08. The fraction of sp³-hybridized carbons (Fsp3) is 0.294. The van der Waals surface area contributed by atoms with Gasteiger partial charge in [-0.2, -0.15) is 23.5 Å². The lowest BCUT2D eigenvalue weighted by Gasteiger charge is -2.13. The van der Waals surface area contributed by atoms with Gasteiger partial charge in [-0.05, 0) is 13.0 Å². The van der Waals surface area contributed by atoms with Gasteiger partial charge in [-0.3, -0.25) is 9.48 Å². The summed E-state index contributed by atoms with van der Waals surface area (Å²) < 4.78 is 41.4. The second-order valence-electron chi connectivity index (χ2n) is 5.49. The van der Waals surface area contributed by atoms with Crippen LogP contribution in [-0.4, -0.2) is 33.0 Å². The molecule has 27 heavy (non-hydrogen) atoms. The number of nitrogens with zero attached hydrogens (tertiary/aromatic N) is 4. The number of alkyl halides is 3. The lowest BCUT2D eigenvalue weighted by molar-refractivity contribution is -0.141. The number of aromatic nitrogens is 3. The van der Waals surface area contributed by atoms with Crippen molar-refractivity contribution in [1.82, 2.24) is 20.1 Å². The molecular weight excluding hydrogens is 379 g/mol. The molecule has 1 N–H and O–H groups in total. The maximum atomic E-state index is 13.3. The average molecular weight is 395 g/mol. The summed E-state index contributed by atoms with van der Waals surface area (Å²) in [5, 5.41) is 15.9. The Morgan fingerprint density at radius 1 is 1.48 bits per heavy atom. The van der Waals surface area contributed by atoms with Crippen LogP contribution < -0.4 is 5.32 Å². The zero-order valence-corrected chi connectivity index (χ0v) is 15.4. The maximum Gasteiger partial charge on any atom is 0.433 e. The number of nitrogens with one attached hydrogen (secondary N) is 1. The Kier molecular flexibility index (Phi) is 6.28. The van der Waals surface area contributed by atoms with Crippen LogP contribution in [0.15, 0.2) is 29.9 Å². The van der Waals surface area contributed by atoms with Crippen LogP contribution in [0.4, 0.5) is 13.2 Å². The number of amides is 1. The third-order valence-corrected chi connectivity index (χ3v) is 4.67. The number of halogens is 3. The van der Waals surface area contributed by atoms with E-state index in [1.54, 1.807) is 14.0 Å². The summed E-state index contributed by atoms with van der Waals surface area (Å²) in [6.45, 7) is 5.39. The van der Waals surface area contributed by atoms with Gasteiger partial charge in [0.05, 0.1) is 17.5 Å². The van der Waals surface area contributed by atoms with Crippen LogP contribution >= 0.6 is 11.8 Å². The van der Waals surface area contributed by atoms with Crippen molar-refractivity contribution >= 4 is 17.7 Å². The first-order valence-corrected chi connectivity index (χ1v) is 8.69. The van der Waals surface area contributed by atoms with Gasteiger partial charge in [0.2, 0.25) is 5.91 Å². The Morgan fingerprint density at radius 3 is 2.70 bits per heavy atom. The highest BCUT2D eigenvalue weighted by Gasteiger charge is 2.35. The van der Waals surface area contributed by atoms with Gasteiger partial charge >= 0.3 is 6.18 Å². The van der Waals surface area contributed by atoms with E-state index in [9.17, 15) is 23.2 Å². The smallest absolute Gasteiger partial charge is 0.352 e. The summed E-state index contributed by atoms with van der Waals surface area (Å²) in [5.74, 6) is -0.579. The summed E-state index contributed by atoms with van der Waals surface area (Å²) in [6, 6.07) is 2.75. The van der Waals surface area contributed by atoms with E-state index in [4.69, 9.17) is 0 Å². The van der Waals surface area contributed by atoms with E-state index in [1.807, 2.05) is 6.07 Å². The minimum Gasteiger partial charge on any atom is -0.352 e. The van der Waals surface area contributed by atoms with E-state index in [2.05, 4.69) is 22.0 Å². The first-order valence-electron chi connectivity index (χ1n) is 7.70. The molecule has 0 fully saturated rings. The highest BCUT2D eigenvalue weighted by atomic mass is 32.2. The third kappa shape index (κ3) is 4.68. The van der Waals surface area contributed by atoms with E-state index >= 15 is 0 Å². The number of hydrogen-bond donors (Lipinski definition) is 1. The highest BCUT2D eigenvalue weighted by Crippen LogP contribution is 2.37. The van der Waals surface area contributed by atoms with Crippen LogP contribution in [0.2, 0.25) is 0 Å². The standard InChI is InChI=1S/C17H16F3N5OS/c1-4-5-22-15(26)9-27-16-12(7-21)11(6-14(24-16)17(18,19)20)13-8-23-25(3)10(13)2/h4,6,8H,1,5,9H2,2-3H3,(H,22,26). The van der Waals surface area contributed by atoms with Crippen LogP contribution in [-0.2, 0) is 18.0 Å². The van der Waals surface area contributed by atoms with Crippen LogP contribution in [0.1, 0.15) is 17.0 Å². The monoisotopic (exact) mass is 395 g/mol. The number of carbonyl (C=O) groups is 1. The molecule has 1 amide bonds. The largest absolute Gasteiger partial charge is 0.433 e. The lowest BCUT2D eigenvalue weighted by Crippen LogP contribution is -2.25. The molecule has 0 bridgehead atoms. The molecule has 0 aliphatic heterocycles. The first kappa shape index (κ1) is 20.5. The van der Waals surface area contributed by atoms with E-state index in [0.29, 0.717) is 11.3 Å². The molecule has 0 spiro atoms. The van der Waals surface area contributed by atoms with Crippen molar-refractivity contribution in [1.29, 1.82) is 5.26 Å². The van der Waals surface area contributed by atoms with Gasteiger partial charge in [0.25, 0.3) is 0 Å². The minimum atomic E-state index is -4.70. The maximum absolute atomic E-state index is 13.3. The Morgan fingerprint density at radius 2 is 2.19 bits per heavy atom. The van der Waals surface area contributed by atoms with Gasteiger partial charge < -0.3 is 5.32 Å². The second kappa shape index (κ2) is 8.26. The number of thioether (sulfide) groups is 1. The Labute approximate surface area is 158 Å². The van der Waals surface area contributed by atoms with E-state index < -0.39 is 17.8 Å². The Bertz CT molecular complexity index is 915. The molecule has 2 aromatic heterocycles. The molecule has 0 saturated carbocycles. The van der Waals surface area contributed by atoms with E-state index in [-0.39, 0.29) is 28.5 Å². The molecule has 142 valence electrons. The van der Waals surface area contributed by atoms with Crippen molar-refractivity contribution in [2.24, 2.45) is 7.05 Å². The molecule has 0 aliphatic carbocycles. The van der Waals surface area contributed by atoms with Crippen LogP contribution in [0, 0.1) is 18.3 Å². The molecule has 2 heterocycles. The summed E-state index contributed by atoms with van der Waals surface area (Å²) >= 11 is 0.775.